The average molecular weight is 453 g/mol. The summed E-state index contributed by atoms with van der Waals surface area (Å²) in [4.78, 5) is 12.6. The minimum atomic E-state index is -3.58. The highest BCUT2D eigenvalue weighted by molar-refractivity contribution is 7.91. The zero-order valence-electron chi connectivity index (χ0n) is 15.1. The number of halogens is 1. The van der Waals surface area contributed by atoms with Gasteiger partial charge in [-0.1, -0.05) is 22.8 Å². The van der Waals surface area contributed by atoms with Crippen LogP contribution in [0.5, 0.6) is 0 Å². The van der Waals surface area contributed by atoms with Crippen molar-refractivity contribution in [1.29, 1.82) is 0 Å². The Hall–Kier alpha value is -2.27. The molecule has 0 saturated carbocycles. The zero-order chi connectivity index (χ0) is 20.4. The molecule has 0 bridgehead atoms. The number of carbonyl (C=O) groups excluding carboxylic acids is 1. The van der Waals surface area contributed by atoms with Crippen LogP contribution in [0.25, 0.3) is 11.5 Å². The lowest BCUT2D eigenvalue weighted by Gasteiger charge is -2.30. The number of hydrogen-bond acceptors (Lipinski definition) is 7. The molecule has 0 aliphatic carbocycles. The highest BCUT2D eigenvalue weighted by atomic mass is 35.5. The molecule has 1 saturated heterocycles. The van der Waals surface area contributed by atoms with Crippen LogP contribution in [0.15, 0.2) is 50.4 Å². The summed E-state index contributed by atoms with van der Waals surface area (Å²) in [5.41, 5.74) is 0.674. The Bertz CT molecular complexity index is 1100. The number of amides is 1. The molecule has 1 fully saturated rings. The fourth-order valence-corrected chi connectivity index (χ4v) is 5.90. The third-order valence-electron chi connectivity index (χ3n) is 4.59. The van der Waals surface area contributed by atoms with E-state index >= 15 is 0 Å². The van der Waals surface area contributed by atoms with Crippen molar-refractivity contribution in [3.05, 3.63) is 46.8 Å². The third kappa shape index (κ3) is 4.35. The zero-order valence-corrected chi connectivity index (χ0v) is 17.5. The molecule has 29 heavy (non-hydrogen) atoms. The lowest BCUT2D eigenvalue weighted by Crippen LogP contribution is -2.43. The lowest BCUT2D eigenvalue weighted by atomic mass is 9.99. The second-order valence-corrected chi connectivity index (χ2v) is 10.1. The van der Waals surface area contributed by atoms with Crippen LogP contribution in [0.3, 0.4) is 0 Å². The molecular weight excluding hydrogens is 436 g/mol. The summed E-state index contributed by atoms with van der Waals surface area (Å²) in [7, 11) is -3.58. The third-order valence-corrected chi connectivity index (χ3v) is 8.08. The van der Waals surface area contributed by atoms with Gasteiger partial charge in [0, 0.05) is 23.7 Å². The van der Waals surface area contributed by atoms with Crippen LogP contribution in [0.4, 0.5) is 6.01 Å². The number of sulfonamides is 1. The Balaban J connectivity index is 1.43. The minimum Gasteiger partial charge on any atom is -0.403 e. The van der Waals surface area contributed by atoms with Crippen molar-refractivity contribution in [1.82, 2.24) is 14.5 Å². The quantitative estimate of drug-likeness (QED) is 0.635. The largest absolute Gasteiger partial charge is 0.403 e. The summed E-state index contributed by atoms with van der Waals surface area (Å²) in [6, 6.07) is 10.1. The predicted octanol–water partition coefficient (Wildman–Crippen LogP) is 3.49. The molecule has 1 amide bonds. The van der Waals surface area contributed by atoms with Crippen molar-refractivity contribution >= 4 is 44.9 Å². The lowest BCUT2D eigenvalue weighted by molar-refractivity contribution is -0.121. The van der Waals surface area contributed by atoms with Gasteiger partial charge in [-0.2, -0.15) is 4.31 Å². The molecule has 1 aliphatic heterocycles. The maximum Gasteiger partial charge on any atom is 0.322 e. The van der Waals surface area contributed by atoms with Crippen LogP contribution < -0.4 is 5.32 Å². The molecule has 1 N–H and O–H groups in total. The van der Waals surface area contributed by atoms with Crippen molar-refractivity contribution in [2.45, 2.75) is 17.1 Å². The van der Waals surface area contributed by atoms with Crippen molar-refractivity contribution in [3.63, 3.8) is 0 Å². The van der Waals surface area contributed by atoms with Crippen LogP contribution in [-0.2, 0) is 14.8 Å². The van der Waals surface area contributed by atoms with E-state index < -0.39 is 15.9 Å². The predicted molar refractivity (Wildman–Crippen MR) is 109 cm³/mol. The van der Waals surface area contributed by atoms with E-state index in [1.165, 1.54) is 15.6 Å². The summed E-state index contributed by atoms with van der Waals surface area (Å²) in [5.74, 6) is -0.589. The highest BCUT2D eigenvalue weighted by Crippen LogP contribution is 2.27. The Labute approximate surface area is 176 Å². The summed E-state index contributed by atoms with van der Waals surface area (Å²) >= 11 is 7.03. The Kier molecular flexibility index (Phi) is 5.68. The topological polar surface area (TPSA) is 105 Å². The van der Waals surface area contributed by atoms with Gasteiger partial charge in [-0.15, -0.1) is 16.4 Å². The number of carbonyl (C=O) groups is 1. The van der Waals surface area contributed by atoms with Gasteiger partial charge in [-0.3, -0.25) is 10.1 Å². The van der Waals surface area contributed by atoms with Crippen LogP contribution in [-0.4, -0.2) is 41.9 Å². The first kappa shape index (κ1) is 20.0. The number of nitrogens with zero attached hydrogens (tertiary/aromatic N) is 3. The van der Waals surface area contributed by atoms with Gasteiger partial charge < -0.3 is 4.42 Å². The fraction of sp³-hybridized carbons (Fsp3) is 0.278. The number of aromatic nitrogens is 2. The molecule has 4 rings (SSSR count). The Morgan fingerprint density at radius 3 is 2.76 bits per heavy atom. The normalized spacial score (nSPS) is 17.9. The number of rotatable bonds is 5. The molecule has 1 unspecified atom stereocenters. The summed E-state index contributed by atoms with van der Waals surface area (Å²) < 4.78 is 32.6. The molecule has 0 radical (unpaired) electrons. The number of nitrogens with one attached hydrogen (secondary N) is 1. The van der Waals surface area contributed by atoms with Crippen LogP contribution in [0.1, 0.15) is 12.8 Å². The molecule has 11 heteroatoms. The van der Waals surface area contributed by atoms with Crippen LogP contribution >= 0.6 is 22.9 Å². The van der Waals surface area contributed by atoms with Crippen molar-refractivity contribution in [3.8, 4) is 11.5 Å². The van der Waals surface area contributed by atoms with E-state index in [0.29, 0.717) is 30.0 Å². The van der Waals surface area contributed by atoms with E-state index in [2.05, 4.69) is 15.5 Å². The van der Waals surface area contributed by atoms with Gasteiger partial charge in [-0.05, 0) is 48.6 Å². The maximum atomic E-state index is 12.7. The number of thiophene rings is 1. The molecule has 152 valence electrons. The molecular formula is C18H17ClN4O4S2. The van der Waals surface area contributed by atoms with Crippen molar-refractivity contribution in [2.75, 3.05) is 18.4 Å². The first-order chi connectivity index (χ1) is 13.9. The SMILES string of the molecule is O=C(Nc1nnc(-c2ccc(Cl)cc2)o1)C1CCCN(S(=O)(=O)c2cccs2)C1. The first-order valence-corrected chi connectivity index (χ1v) is 11.6. The van der Waals surface area contributed by atoms with Crippen molar-refractivity contribution in [2.24, 2.45) is 5.92 Å². The number of anilines is 1. The average Bonchev–Trinajstić information content (AvgIpc) is 3.41. The summed E-state index contributed by atoms with van der Waals surface area (Å²) in [5, 5.41) is 12.7. The standard InChI is InChI=1S/C18H17ClN4O4S2/c19-14-7-5-12(6-8-14)17-21-22-18(27-17)20-16(24)13-3-1-9-23(11-13)29(25,26)15-4-2-10-28-15/h2,4-8,10,13H,1,3,9,11H2,(H,20,22,24). The van der Waals surface area contributed by atoms with Crippen LogP contribution in [0, 0.1) is 5.92 Å². The van der Waals surface area contributed by atoms with Gasteiger partial charge >= 0.3 is 6.01 Å². The fourth-order valence-electron chi connectivity index (χ4n) is 3.10. The molecule has 0 spiro atoms. The Morgan fingerprint density at radius 1 is 1.24 bits per heavy atom. The Morgan fingerprint density at radius 2 is 2.03 bits per heavy atom. The first-order valence-electron chi connectivity index (χ1n) is 8.87. The maximum absolute atomic E-state index is 12.7. The molecule has 3 heterocycles. The smallest absolute Gasteiger partial charge is 0.322 e. The van der Waals surface area contributed by atoms with E-state index in [9.17, 15) is 13.2 Å². The van der Waals surface area contributed by atoms with E-state index in [1.54, 1.807) is 41.8 Å². The van der Waals surface area contributed by atoms with E-state index in [4.69, 9.17) is 16.0 Å². The second-order valence-electron chi connectivity index (χ2n) is 6.54. The minimum absolute atomic E-state index is 0.0295. The van der Waals surface area contributed by atoms with Gasteiger partial charge in [-0.25, -0.2) is 8.42 Å². The van der Waals surface area contributed by atoms with Gasteiger partial charge in [0.25, 0.3) is 10.0 Å². The van der Waals surface area contributed by atoms with Gasteiger partial charge in [0.05, 0.1) is 5.92 Å². The molecule has 1 aromatic carbocycles. The van der Waals surface area contributed by atoms with Gasteiger partial charge in [0.1, 0.15) is 4.21 Å². The second kappa shape index (κ2) is 8.23. The highest BCUT2D eigenvalue weighted by Gasteiger charge is 2.34. The van der Waals surface area contributed by atoms with Crippen LogP contribution in [0.2, 0.25) is 5.02 Å². The molecule has 1 aliphatic rings. The summed E-state index contributed by atoms with van der Waals surface area (Å²) in [6.07, 6.45) is 1.18. The van der Waals surface area contributed by atoms with E-state index in [1.807, 2.05) is 0 Å². The monoisotopic (exact) mass is 452 g/mol. The molecule has 8 nitrogen and oxygen atoms in total. The number of benzene rings is 1. The van der Waals surface area contributed by atoms with Gasteiger partial charge in [0.2, 0.25) is 11.8 Å². The molecule has 1 atom stereocenters. The molecule has 3 aromatic rings. The van der Waals surface area contributed by atoms with Crippen molar-refractivity contribution < 1.29 is 17.6 Å². The van der Waals surface area contributed by atoms with E-state index in [0.717, 1.165) is 0 Å². The molecule has 2 aromatic heterocycles. The van der Waals surface area contributed by atoms with E-state index in [-0.39, 0.29) is 28.6 Å². The number of piperidine rings is 1. The number of hydrogen-bond donors (Lipinski definition) is 1. The van der Waals surface area contributed by atoms with Gasteiger partial charge in [0.15, 0.2) is 0 Å². The summed E-state index contributed by atoms with van der Waals surface area (Å²) in [6.45, 7) is 0.509.